The summed E-state index contributed by atoms with van der Waals surface area (Å²) in [6, 6.07) is 0.616. The minimum Gasteiger partial charge on any atom is -0.334 e. The number of rotatable bonds is 4. The van der Waals surface area contributed by atoms with Gasteiger partial charge in [0.05, 0.1) is 12.0 Å². The molecule has 2 nitrogen and oxygen atoms in total. The highest BCUT2D eigenvalue weighted by Crippen LogP contribution is 2.39. The highest BCUT2D eigenvalue weighted by Gasteiger charge is 2.25. The van der Waals surface area contributed by atoms with E-state index in [1.807, 2.05) is 6.33 Å². The van der Waals surface area contributed by atoms with Crippen molar-refractivity contribution in [1.29, 1.82) is 0 Å². The average Bonchev–Trinajstić information content (AvgIpc) is 2.84. The minimum atomic E-state index is 0.616. The molecule has 2 heteroatoms. The van der Waals surface area contributed by atoms with Gasteiger partial charge in [-0.2, -0.15) is 0 Å². The molecule has 1 saturated carbocycles. The molecule has 1 aliphatic carbocycles. The van der Waals surface area contributed by atoms with Crippen LogP contribution >= 0.6 is 0 Å². The normalized spacial score (nSPS) is 18.9. The van der Waals surface area contributed by atoms with Crippen LogP contribution in [0.25, 0.3) is 0 Å². The second-order valence-electron chi connectivity index (χ2n) is 4.16. The van der Waals surface area contributed by atoms with Crippen LogP contribution in [0, 0.1) is 0 Å². The summed E-state index contributed by atoms with van der Waals surface area (Å²) < 4.78 is 2.26. The first-order valence-electron chi connectivity index (χ1n) is 5.34. The zero-order chi connectivity index (χ0) is 9.26. The van der Waals surface area contributed by atoms with Gasteiger partial charge in [0.2, 0.25) is 0 Å². The molecule has 2 rings (SSSR count). The van der Waals surface area contributed by atoms with Gasteiger partial charge in [-0.1, -0.05) is 13.3 Å². The lowest BCUT2D eigenvalue weighted by Crippen LogP contribution is -2.01. The molecule has 0 unspecified atom stereocenters. The van der Waals surface area contributed by atoms with Crippen LogP contribution in [0.2, 0.25) is 0 Å². The van der Waals surface area contributed by atoms with Crippen LogP contribution in [0.15, 0.2) is 12.5 Å². The first kappa shape index (κ1) is 8.79. The van der Waals surface area contributed by atoms with Crippen LogP contribution in [0.1, 0.15) is 57.2 Å². The Balaban J connectivity index is 2.03. The fourth-order valence-electron chi connectivity index (χ4n) is 1.75. The highest BCUT2D eigenvalue weighted by atomic mass is 15.1. The molecule has 0 aliphatic heterocycles. The molecular weight excluding hydrogens is 160 g/mol. The fourth-order valence-corrected chi connectivity index (χ4v) is 1.75. The molecule has 1 fully saturated rings. The Morgan fingerprint density at radius 3 is 3.00 bits per heavy atom. The first-order chi connectivity index (χ1) is 6.31. The largest absolute Gasteiger partial charge is 0.334 e. The third-order valence-corrected chi connectivity index (χ3v) is 2.83. The summed E-state index contributed by atoms with van der Waals surface area (Å²) in [6.45, 7) is 4.50. The van der Waals surface area contributed by atoms with Crippen molar-refractivity contribution < 1.29 is 0 Å². The molecule has 1 atom stereocenters. The molecule has 1 aliphatic rings. The standard InChI is InChI=1S/C11H18N2/c1-3-4-9(2)13-7-11(12-8-13)10-5-6-10/h7-10H,3-6H2,1-2H3/t9-/m1/s1. The maximum Gasteiger partial charge on any atom is 0.0952 e. The van der Waals surface area contributed by atoms with Crippen molar-refractivity contribution >= 4 is 0 Å². The number of imidazole rings is 1. The molecule has 0 aromatic carbocycles. The quantitative estimate of drug-likeness (QED) is 0.692. The fraction of sp³-hybridized carbons (Fsp3) is 0.727. The van der Waals surface area contributed by atoms with E-state index in [0.29, 0.717) is 6.04 Å². The Morgan fingerprint density at radius 2 is 2.38 bits per heavy atom. The van der Waals surface area contributed by atoms with Crippen molar-refractivity contribution in [2.75, 3.05) is 0 Å². The van der Waals surface area contributed by atoms with Crippen molar-refractivity contribution in [1.82, 2.24) is 9.55 Å². The van der Waals surface area contributed by atoms with Gasteiger partial charge in [-0.15, -0.1) is 0 Å². The highest BCUT2D eigenvalue weighted by molar-refractivity contribution is 5.11. The van der Waals surface area contributed by atoms with Gasteiger partial charge in [0.15, 0.2) is 0 Å². The molecule has 0 N–H and O–H groups in total. The third-order valence-electron chi connectivity index (χ3n) is 2.83. The van der Waals surface area contributed by atoms with Gasteiger partial charge in [-0.05, 0) is 26.2 Å². The summed E-state index contributed by atoms with van der Waals surface area (Å²) >= 11 is 0. The molecular formula is C11H18N2. The molecule has 0 saturated heterocycles. The second-order valence-corrected chi connectivity index (χ2v) is 4.16. The number of nitrogens with zero attached hydrogens (tertiary/aromatic N) is 2. The third kappa shape index (κ3) is 1.93. The lowest BCUT2D eigenvalue weighted by Gasteiger charge is -2.10. The maximum absolute atomic E-state index is 4.44. The topological polar surface area (TPSA) is 17.8 Å². The maximum atomic E-state index is 4.44. The summed E-state index contributed by atoms with van der Waals surface area (Å²) in [5.41, 5.74) is 1.31. The van der Waals surface area contributed by atoms with Crippen molar-refractivity contribution in [3.63, 3.8) is 0 Å². The zero-order valence-corrected chi connectivity index (χ0v) is 8.53. The van der Waals surface area contributed by atoms with Crippen LogP contribution in [-0.4, -0.2) is 9.55 Å². The molecule has 0 radical (unpaired) electrons. The molecule has 0 bridgehead atoms. The number of hydrogen-bond acceptors (Lipinski definition) is 1. The van der Waals surface area contributed by atoms with Crippen LogP contribution in [0.3, 0.4) is 0 Å². The first-order valence-corrected chi connectivity index (χ1v) is 5.34. The van der Waals surface area contributed by atoms with Crippen LogP contribution in [0.4, 0.5) is 0 Å². The van der Waals surface area contributed by atoms with Gasteiger partial charge in [0, 0.05) is 18.2 Å². The van der Waals surface area contributed by atoms with Gasteiger partial charge in [0.25, 0.3) is 0 Å². The lowest BCUT2D eigenvalue weighted by molar-refractivity contribution is 0.500. The van der Waals surface area contributed by atoms with Gasteiger partial charge >= 0.3 is 0 Å². The smallest absolute Gasteiger partial charge is 0.0952 e. The summed E-state index contributed by atoms with van der Waals surface area (Å²) in [5, 5.41) is 0. The predicted octanol–water partition coefficient (Wildman–Crippen LogP) is 3.12. The minimum absolute atomic E-state index is 0.616. The van der Waals surface area contributed by atoms with E-state index in [1.54, 1.807) is 0 Å². The number of aromatic nitrogens is 2. The van der Waals surface area contributed by atoms with Crippen molar-refractivity contribution in [3.05, 3.63) is 18.2 Å². The van der Waals surface area contributed by atoms with E-state index >= 15 is 0 Å². The van der Waals surface area contributed by atoms with E-state index in [9.17, 15) is 0 Å². The van der Waals surface area contributed by atoms with Gasteiger partial charge in [-0.3, -0.25) is 0 Å². The second kappa shape index (κ2) is 3.52. The van der Waals surface area contributed by atoms with Crippen LogP contribution < -0.4 is 0 Å². The summed E-state index contributed by atoms with van der Waals surface area (Å²) in [7, 11) is 0. The predicted molar refractivity (Wildman–Crippen MR) is 53.8 cm³/mol. The monoisotopic (exact) mass is 178 g/mol. The Morgan fingerprint density at radius 1 is 1.62 bits per heavy atom. The van der Waals surface area contributed by atoms with E-state index in [2.05, 4.69) is 29.6 Å². The van der Waals surface area contributed by atoms with Gasteiger partial charge in [-0.25, -0.2) is 4.98 Å². The van der Waals surface area contributed by atoms with Gasteiger partial charge < -0.3 is 4.57 Å². The Labute approximate surface area is 80.0 Å². The van der Waals surface area contributed by atoms with Crippen LogP contribution in [0.5, 0.6) is 0 Å². The molecule has 72 valence electrons. The van der Waals surface area contributed by atoms with E-state index in [1.165, 1.54) is 31.4 Å². The summed E-state index contributed by atoms with van der Waals surface area (Å²) in [5.74, 6) is 0.787. The van der Waals surface area contributed by atoms with Crippen molar-refractivity contribution in [2.45, 2.75) is 51.5 Å². The van der Waals surface area contributed by atoms with Crippen molar-refractivity contribution in [2.24, 2.45) is 0 Å². The summed E-state index contributed by atoms with van der Waals surface area (Å²) in [6.07, 6.45) is 9.42. The Kier molecular flexibility index (Phi) is 2.38. The van der Waals surface area contributed by atoms with Crippen LogP contribution in [-0.2, 0) is 0 Å². The lowest BCUT2D eigenvalue weighted by atomic mass is 10.2. The van der Waals surface area contributed by atoms with E-state index in [0.717, 1.165) is 5.92 Å². The summed E-state index contributed by atoms with van der Waals surface area (Å²) in [4.78, 5) is 4.44. The molecule has 1 aromatic rings. The van der Waals surface area contributed by atoms with Gasteiger partial charge in [0.1, 0.15) is 0 Å². The van der Waals surface area contributed by atoms with Crippen molar-refractivity contribution in [3.8, 4) is 0 Å². The zero-order valence-electron chi connectivity index (χ0n) is 8.53. The van der Waals surface area contributed by atoms with E-state index < -0.39 is 0 Å². The Bertz CT molecular complexity index is 273. The Hall–Kier alpha value is -0.790. The average molecular weight is 178 g/mol. The number of hydrogen-bond donors (Lipinski definition) is 0. The molecule has 1 aromatic heterocycles. The SMILES string of the molecule is CCC[C@@H](C)n1cnc(C2CC2)c1. The molecule has 0 amide bonds. The van der Waals surface area contributed by atoms with E-state index in [4.69, 9.17) is 0 Å². The molecule has 1 heterocycles. The van der Waals surface area contributed by atoms with E-state index in [-0.39, 0.29) is 0 Å². The molecule has 13 heavy (non-hydrogen) atoms. The molecule has 0 spiro atoms.